The lowest BCUT2D eigenvalue weighted by molar-refractivity contribution is -0.144. The van der Waals surface area contributed by atoms with E-state index in [0.717, 1.165) is 25.7 Å². The van der Waals surface area contributed by atoms with E-state index >= 15 is 0 Å². The number of aliphatic carboxylic acids is 4. The Labute approximate surface area is 379 Å². The van der Waals surface area contributed by atoms with Crippen molar-refractivity contribution in [2.45, 2.75) is 259 Å². The highest BCUT2D eigenvalue weighted by molar-refractivity contribution is 5.72. The highest BCUT2D eigenvalue weighted by Gasteiger charge is 2.31. The van der Waals surface area contributed by atoms with Gasteiger partial charge in [0.2, 0.25) is 0 Å². The minimum absolute atomic E-state index is 0.0632. The fourth-order valence-electron chi connectivity index (χ4n) is 7.05. The fourth-order valence-corrected chi connectivity index (χ4v) is 7.05. The van der Waals surface area contributed by atoms with Crippen molar-refractivity contribution in [3.63, 3.8) is 0 Å². The van der Waals surface area contributed by atoms with Gasteiger partial charge in [0, 0.05) is 12.8 Å². The molecule has 12 heteroatoms. The van der Waals surface area contributed by atoms with Gasteiger partial charge in [0.15, 0.2) is 0 Å². The van der Waals surface area contributed by atoms with Crippen molar-refractivity contribution in [1.82, 2.24) is 0 Å². The molecular weight excluding hydrogens is 793 g/mol. The summed E-state index contributed by atoms with van der Waals surface area (Å²) in [5.41, 5.74) is -1.68. The molecule has 0 atom stereocenters. The van der Waals surface area contributed by atoms with Crippen molar-refractivity contribution in [2.24, 2.45) is 10.8 Å². The van der Waals surface area contributed by atoms with Gasteiger partial charge in [-0.2, -0.15) is 0 Å². The van der Waals surface area contributed by atoms with E-state index in [-0.39, 0.29) is 12.8 Å². The monoisotopic (exact) mass is 893 g/mol. The van der Waals surface area contributed by atoms with Crippen molar-refractivity contribution in [3.05, 3.63) is 0 Å². The number of carboxylic acids is 4. The van der Waals surface area contributed by atoms with Crippen LogP contribution < -0.4 is 0 Å². The Morgan fingerprint density at radius 2 is 0.484 bits per heavy atom. The van der Waals surface area contributed by atoms with E-state index in [0.29, 0.717) is 25.7 Å². The number of hydrogen-bond donors (Lipinski definition) is 8. The highest BCUT2D eigenvalue weighted by Crippen LogP contribution is 2.34. The maximum atomic E-state index is 10.5. The molecule has 0 radical (unpaired) electrons. The van der Waals surface area contributed by atoms with Gasteiger partial charge >= 0.3 is 23.9 Å². The molecule has 0 aromatic rings. The summed E-state index contributed by atoms with van der Waals surface area (Å²) >= 11 is 0. The van der Waals surface area contributed by atoms with Crippen LogP contribution in [-0.4, -0.2) is 91.2 Å². The van der Waals surface area contributed by atoms with Crippen LogP contribution in [0.2, 0.25) is 0 Å². The molecule has 0 aliphatic heterocycles. The third kappa shape index (κ3) is 52.1. The zero-order chi connectivity index (χ0) is 47.6. The van der Waals surface area contributed by atoms with E-state index in [1.807, 2.05) is 13.8 Å². The van der Waals surface area contributed by atoms with Crippen molar-refractivity contribution >= 4 is 23.9 Å². The summed E-state index contributed by atoms with van der Waals surface area (Å²) in [5, 5.41) is 68.3. The summed E-state index contributed by atoms with van der Waals surface area (Å²) in [6.45, 7) is 6.57. The summed E-state index contributed by atoms with van der Waals surface area (Å²) in [6.07, 6.45) is 41.4. The molecule has 0 aromatic heterocycles. The van der Waals surface area contributed by atoms with E-state index in [9.17, 15) is 19.2 Å². The molecule has 372 valence electrons. The summed E-state index contributed by atoms with van der Waals surface area (Å²) < 4.78 is 0. The third-order valence-corrected chi connectivity index (χ3v) is 11.9. The van der Waals surface area contributed by atoms with E-state index in [1.165, 1.54) is 167 Å². The minimum Gasteiger partial charge on any atom is -0.481 e. The number of hydrogen-bond acceptors (Lipinski definition) is 8. The molecule has 0 saturated carbocycles. The molecule has 0 saturated heterocycles. The number of carbonyl (C=O) groups is 4. The lowest BCUT2D eigenvalue weighted by Gasteiger charge is -2.27. The number of aliphatic hydroxyl groups excluding tert-OH is 4. The molecule has 0 amide bonds. The molecule has 0 bridgehead atoms. The average Bonchev–Trinajstić information content (AvgIpc) is 3.24. The molecule has 0 fully saturated rings. The van der Waals surface area contributed by atoms with Crippen LogP contribution in [0.5, 0.6) is 0 Å². The van der Waals surface area contributed by atoms with Gasteiger partial charge < -0.3 is 40.9 Å². The van der Waals surface area contributed by atoms with Crippen LogP contribution in [-0.2, 0) is 19.2 Å². The second-order valence-corrected chi connectivity index (χ2v) is 17.7. The molecule has 0 aliphatic carbocycles. The first-order valence-electron chi connectivity index (χ1n) is 25.0. The Hall–Kier alpha value is -2.28. The van der Waals surface area contributed by atoms with Gasteiger partial charge in [-0.1, -0.05) is 207 Å². The first-order valence-corrected chi connectivity index (χ1v) is 25.0. The maximum Gasteiger partial charge on any atom is 0.303 e. The predicted octanol–water partition coefficient (Wildman–Crippen LogP) is 12.3. The normalized spacial score (nSPS) is 11.1. The Balaban J connectivity index is -0.000000377. The van der Waals surface area contributed by atoms with E-state index < -0.39 is 61.1 Å². The van der Waals surface area contributed by atoms with Gasteiger partial charge in [-0.25, -0.2) is 0 Å². The zero-order valence-corrected chi connectivity index (χ0v) is 40.5. The fraction of sp³-hybridized carbons (Fsp3) is 0.920. The summed E-state index contributed by atoms with van der Waals surface area (Å²) in [5.74, 6) is -3.16. The number of unbranched alkanes of at least 4 members (excludes halogenated alkanes) is 28. The van der Waals surface area contributed by atoms with Crippen LogP contribution in [0.1, 0.15) is 259 Å². The Kier molecular flexibility index (Phi) is 54.9. The molecule has 0 aromatic carbocycles. The van der Waals surface area contributed by atoms with Crippen molar-refractivity contribution in [2.75, 3.05) is 26.4 Å². The second kappa shape index (κ2) is 51.4. The van der Waals surface area contributed by atoms with E-state index in [4.69, 9.17) is 40.9 Å². The lowest BCUT2D eigenvalue weighted by atomic mass is 9.76. The maximum absolute atomic E-state index is 10.5. The van der Waals surface area contributed by atoms with Gasteiger partial charge in [-0.3, -0.25) is 19.2 Å². The van der Waals surface area contributed by atoms with Gasteiger partial charge in [-0.05, 0) is 31.1 Å². The van der Waals surface area contributed by atoms with Gasteiger partial charge in [0.05, 0.1) is 44.7 Å². The molecule has 62 heavy (non-hydrogen) atoms. The van der Waals surface area contributed by atoms with Crippen LogP contribution in [0, 0.1) is 10.8 Å². The highest BCUT2D eigenvalue weighted by atomic mass is 16.4. The quantitative estimate of drug-likeness (QED) is 0.0268. The van der Waals surface area contributed by atoms with Crippen LogP contribution in [0.15, 0.2) is 0 Å². The standard InChI is InChI=1S/2C18H36O2.C9H16O4.C5H12O4/c2*1-2-3-4-5-6-7-8-9-10-11-12-13-14-15-16-17-18(19)20;1-3-9(4-2,5-7(10)11)6-8(12)13;6-1-5(2-7,3-8)4-9/h2*2-17H2,1H3,(H,19,20);3-6H2,1-2H3,(H,10,11)(H,12,13);6-9H,1-4H2. The second-order valence-electron chi connectivity index (χ2n) is 17.7. The van der Waals surface area contributed by atoms with Crippen molar-refractivity contribution in [1.29, 1.82) is 0 Å². The smallest absolute Gasteiger partial charge is 0.303 e. The van der Waals surface area contributed by atoms with Crippen molar-refractivity contribution in [3.8, 4) is 0 Å². The lowest BCUT2D eigenvalue weighted by Crippen LogP contribution is -2.37. The molecule has 12 nitrogen and oxygen atoms in total. The third-order valence-electron chi connectivity index (χ3n) is 11.9. The molecule has 8 N–H and O–H groups in total. The van der Waals surface area contributed by atoms with E-state index in [2.05, 4.69) is 13.8 Å². The number of carboxylic acid groups (broad SMARTS) is 4. The van der Waals surface area contributed by atoms with Crippen LogP contribution in [0.4, 0.5) is 0 Å². The summed E-state index contributed by atoms with van der Waals surface area (Å²) in [4.78, 5) is 41.7. The minimum atomic E-state index is -1.11. The Morgan fingerprint density at radius 3 is 0.613 bits per heavy atom. The summed E-state index contributed by atoms with van der Waals surface area (Å²) in [6, 6.07) is 0. The molecular formula is C50H100O12. The molecule has 0 unspecified atom stereocenters. The van der Waals surface area contributed by atoms with Crippen LogP contribution in [0.3, 0.4) is 0 Å². The Bertz CT molecular complexity index is 886. The molecule has 0 spiro atoms. The number of rotatable bonds is 42. The van der Waals surface area contributed by atoms with Crippen molar-refractivity contribution < 1.29 is 60.0 Å². The van der Waals surface area contributed by atoms with Gasteiger partial charge in [-0.15, -0.1) is 0 Å². The van der Waals surface area contributed by atoms with Crippen LogP contribution >= 0.6 is 0 Å². The topological polar surface area (TPSA) is 230 Å². The first kappa shape index (κ1) is 66.3. The molecule has 0 aliphatic rings. The Morgan fingerprint density at radius 1 is 0.290 bits per heavy atom. The largest absolute Gasteiger partial charge is 0.481 e. The van der Waals surface area contributed by atoms with E-state index in [1.54, 1.807) is 0 Å². The predicted molar refractivity (Wildman–Crippen MR) is 253 cm³/mol. The van der Waals surface area contributed by atoms with Crippen LogP contribution in [0.25, 0.3) is 0 Å². The first-order chi connectivity index (χ1) is 29.7. The SMILES string of the molecule is CCC(CC)(CC(=O)O)CC(=O)O.CCCCCCCCCCCCCCCCCC(=O)O.CCCCCCCCCCCCCCCCCC(=O)O.OCC(CO)(CO)CO. The zero-order valence-electron chi connectivity index (χ0n) is 40.5. The molecule has 0 rings (SSSR count). The van der Waals surface area contributed by atoms with Gasteiger partial charge in [0.1, 0.15) is 0 Å². The average molecular weight is 893 g/mol. The molecule has 0 heterocycles. The number of aliphatic hydroxyl groups is 4. The van der Waals surface area contributed by atoms with Gasteiger partial charge in [0.25, 0.3) is 0 Å². The summed E-state index contributed by atoms with van der Waals surface area (Å²) in [7, 11) is 0.